The molecule has 0 spiro atoms. The molecule has 0 aliphatic carbocycles. The van der Waals surface area contributed by atoms with Crippen molar-refractivity contribution < 1.29 is 14.3 Å². The highest BCUT2D eigenvalue weighted by Gasteiger charge is 2.25. The van der Waals surface area contributed by atoms with Gasteiger partial charge in [0.05, 0.1) is 18.3 Å². The summed E-state index contributed by atoms with van der Waals surface area (Å²) in [6.45, 7) is 0.375. The first kappa shape index (κ1) is 11.6. The van der Waals surface area contributed by atoms with Gasteiger partial charge in [-0.1, -0.05) is 0 Å². The summed E-state index contributed by atoms with van der Waals surface area (Å²) >= 11 is 0. The maximum absolute atomic E-state index is 11.8. The van der Waals surface area contributed by atoms with Gasteiger partial charge in [0.25, 0.3) is 0 Å². The number of amides is 3. The summed E-state index contributed by atoms with van der Waals surface area (Å²) in [5.41, 5.74) is 1.59. The molecule has 98 valence electrons. The molecular weight excluding hydrogens is 246 g/mol. The van der Waals surface area contributed by atoms with Gasteiger partial charge in [0.1, 0.15) is 5.75 Å². The van der Waals surface area contributed by atoms with E-state index in [0.717, 1.165) is 10.9 Å². The molecule has 2 heterocycles. The Balaban J connectivity index is 2.05. The van der Waals surface area contributed by atoms with Crippen LogP contribution in [-0.4, -0.2) is 30.6 Å². The molecule has 6 nitrogen and oxygen atoms in total. The van der Waals surface area contributed by atoms with E-state index in [2.05, 4.69) is 10.3 Å². The highest BCUT2D eigenvalue weighted by Crippen LogP contribution is 2.31. The number of fused-ring (bicyclic) bond motifs is 1. The van der Waals surface area contributed by atoms with E-state index in [1.165, 1.54) is 4.90 Å². The molecule has 0 atom stereocenters. The average Bonchev–Trinajstić information content (AvgIpc) is 2.85. The van der Waals surface area contributed by atoms with Crippen LogP contribution in [0.1, 0.15) is 6.42 Å². The Labute approximate surface area is 109 Å². The van der Waals surface area contributed by atoms with Gasteiger partial charge in [-0.15, -0.1) is 0 Å². The van der Waals surface area contributed by atoms with Gasteiger partial charge in [0.2, 0.25) is 5.91 Å². The van der Waals surface area contributed by atoms with Crippen molar-refractivity contribution in [1.82, 2.24) is 10.3 Å². The third-order valence-corrected chi connectivity index (χ3v) is 3.20. The first-order valence-corrected chi connectivity index (χ1v) is 5.95. The van der Waals surface area contributed by atoms with Crippen molar-refractivity contribution >= 4 is 28.5 Å². The average molecular weight is 259 g/mol. The summed E-state index contributed by atoms with van der Waals surface area (Å²) in [4.78, 5) is 27.6. The lowest BCUT2D eigenvalue weighted by Crippen LogP contribution is -2.49. The smallest absolute Gasteiger partial charge is 0.328 e. The van der Waals surface area contributed by atoms with E-state index in [9.17, 15) is 9.59 Å². The monoisotopic (exact) mass is 259 g/mol. The Morgan fingerprint density at radius 3 is 2.89 bits per heavy atom. The van der Waals surface area contributed by atoms with Gasteiger partial charge in [-0.25, -0.2) is 4.79 Å². The van der Waals surface area contributed by atoms with Gasteiger partial charge >= 0.3 is 6.03 Å². The van der Waals surface area contributed by atoms with Crippen LogP contribution in [0.4, 0.5) is 10.5 Å². The fraction of sp³-hybridized carbons (Fsp3) is 0.231. The largest absolute Gasteiger partial charge is 0.496 e. The van der Waals surface area contributed by atoms with E-state index in [-0.39, 0.29) is 5.91 Å². The number of benzene rings is 1. The number of H-pyrrole nitrogens is 1. The second-order valence-electron chi connectivity index (χ2n) is 4.34. The highest BCUT2D eigenvalue weighted by molar-refractivity contribution is 6.06. The van der Waals surface area contributed by atoms with Crippen molar-refractivity contribution in [3.05, 3.63) is 24.4 Å². The number of rotatable bonds is 2. The van der Waals surface area contributed by atoms with Gasteiger partial charge in [0, 0.05) is 30.6 Å². The van der Waals surface area contributed by atoms with E-state index in [4.69, 9.17) is 4.74 Å². The molecule has 19 heavy (non-hydrogen) atoms. The van der Waals surface area contributed by atoms with Crippen LogP contribution < -0.4 is 15.0 Å². The zero-order valence-electron chi connectivity index (χ0n) is 10.4. The molecule has 1 saturated heterocycles. The normalized spacial score (nSPS) is 15.7. The second kappa shape index (κ2) is 4.31. The van der Waals surface area contributed by atoms with E-state index in [0.29, 0.717) is 24.4 Å². The summed E-state index contributed by atoms with van der Waals surface area (Å²) in [6.07, 6.45) is 2.12. The molecule has 2 N–H and O–H groups in total. The lowest BCUT2D eigenvalue weighted by Gasteiger charge is -2.26. The van der Waals surface area contributed by atoms with E-state index in [1.54, 1.807) is 13.2 Å². The number of anilines is 1. The number of carbonyl (C=O) groups is 2. The van der Waals surface area contributed by atoms with Crippen LogP contribution in [0.3, 0.4) is 0 Å². The van der Waals surface area contributed by atoms with E-state index in [1.807, 2.05) is 18.3 Å². The van der Waals surface area contributed by atoms with E-state index < -0.39 is 6.03 Å². The van der Waals surface area contributed by atoms with Crippen molar-refractivity contribution in [2.24, 2.45) is 0 Å². The number of methoxy groups -OCH3 is 1. The molecule has 1 fully saturated rings. The highest BCUT2D eigenvalue weighted by atomic mass is 16.5. The molecule has 0 unspecified atom stereocenters. The van der Waals surface area contributed by atoms with Crippen LogP contribution in [0.5, 0.6) is 5.75 Å². The molecule has 0 radical (unpaired) electrons. The summed E-state index contributed by atoms with van der Waals surface area (Å²) in [5, 5.41) is 3.26. The molecule has 0 saturated carbocycles. The minimum atomic E-state index is -0.399. The topological polar surface area (TPSA) is 74.4 Å². The minimum Gasteiger partial charge on any atom is -0.496 e. The molecule has 6 heteroatoms. The number of nitrogens with zero attached hydrogens (tertiary/aromatic N) is 1. The Morgan fingerprint density at radius 1 is 1.32 bits per heavy atom. The van der Waals surface area contributed by atoms with Crippen LogP contribution in [0.15, 0.2) is 24.4 Å². The number of aromatic amines is 1. The molecule has 3 rings (SSSR count). The van der Waals surface area contributed by atoms with Gasteiger partial charge < -0.3 is 9.72 Å². The lowest BCUT2D eigenvalue weighted by molar-refractivity contribution is -0.120. The summed E-state index contributed by atoms with van der Waals surface area (Å²) < 4.78 is 5.33. The first-order chi connectivity index (χ1) is 9.19. The van der Waals surface area contributed by atoms with Gasteiger partial charge in [-0.05, 0) is 12.1 Å². The van der Waals surface area contributed by atoms with Crippen LogP contribution in [0.2, 0.25) is 0 Å². The SMILES string of the molecule is COc1cc(N2CCC(=O)NC2=O)cc2[nH]ccc12. The number of carbonyl (C=O) groups excluding carboxylic acids is 2. The molecule has 2 aromatic rings. The third-order valence-electron chi connectivity index (χ3n) is 3.20. The van der Waals surface area contributed by atoms with Crippen LogP contribution in [-0.2, 0) is 4.79 Å². The van der Waals surface area contributed by atoms with Gasteiger partial charge in [-0.2, -0.15) is 0 Å². The lowest BCUT2D eigenvalue weighted by atomic mass is 10.2. The first-order valence-electron chi connectivity index (χ1n) is 5.95. The van der Waals surface area contributed by atoms with Crippen molar-refractivity contribution in [2.75, 3.05) is 18.6 Å². The fourth-order valence-electron chi connectivity index (χ4n) is 2.25. The Kier molecular flexibility index (Phi) is 2.63. The number of imide groups is 1. The number of aromatic nitrogens is 1. The maximum atomic E-state index is 11.8. The predicted octanol–water partition coefficient (Wildman–Crippen LogP) is 1.62. The minimum absolute atomic E-state index is 0.242. The Hall–Kier alpha value is -2.50. The van der Waals surface area contributed by atoms with Crippen molar-refractivity contribution in [1.29, 1.82) is 0 Å². The maximum Gasteiger partial charge on any atom is 0.328 e. The third kappa shape index (κ3) is 1.91. The fourth-order valence-corrected chi connectivity index (χ4v) is 2.25. The summed E-state index contributed by atoms with van der Waals surface area (Å²) in [5.74, 6) is 0.451. The number of nitrogens with one attached hydrogen (secondary N) is 2. The predicted molar refractivity (Wildman–Crippen MR) is 70.4 cm³/mol. The van der Waals surface area contributed by atoms with Crippen LogP contribution in [0.25, 0.3) is 10.9 Å². The summed E-state index contributed by atoms with van der Waals surface area (Å²) in [6, 6.07) is 5.18. The molecule has 1 aromatic carbocycles. The summed E-state index contributed by atoms with van der Waals surface area (Å²) in [7, 11) is 1.59. The Bertz CT molecular complexity index is 662. The Morgan fingerprint density at radius 2 is 2.16 bits per heavy atom. The zero-order chi connectivity index (χ0) is 13.4. The number of urea groups is 1. The molecular formula is C13H13N3O3. The van der Waals surface area contributed by atoms with Crippen molar-refractivity contribution in [3.8, 4) is 5.75 Å². The number of hydrogen-bond donors (Lipinski definition) is 2. The van der Waals surface area contributed by atoms with Crippen LogP contribution in [0, 0.1) is 0 Å². The number of ether oxygens (including phenoxy) is 1. The quantitative estimate of drug-likeness (QED) is 0.860. The standard InChI is InChI=1S/C13H13N3O3/c1-19-11-7-8(6-10-9(11)2-4-14-10)16-5-3-12(17)15-13(16)18/h2,4,6-7,14H,3,5H2,1H3,(H,15,17,18). The molecule has 1 aliphatic rings. The van der Waals surface area contributed by atoms with Gasteiger partial charge in [0.15, 0.2) is 0 Å². The second-order valence-corrected chi connectivity index (χ2v) is 4.34. The molecule has 0 bridgehead atoms. The van der Waals surface area contributed by atoms with Crippen molar-refractivity contribution in [3.63, 3.8) is 0 Å². The molecule has 3 amide bonds. The molecule has 1 aromatic heterocycles. The number of hydrogen-bond acceptors (Lipinski definition) is 3. The van der Waals surface area contributed by atoms with Crippen molar-refractivity contribution in [2.45, 2.75) is 6.42 Å². The zero-order valence-corrected chi connectivity index (χ0v) is 10.4. The van der Waals surface area contributed by atoms with Crippen LogP contribution >= 0.6 is 0 Å². The van der Waals surface area contributed by atoms with Gasteiger partial charge in [-0.3, -0.25) is 15.0 Å². The van der Waals surface area contributed by atoms with E-state index >= 15 is 0 Å². The molecule has 1 aliphatic heterocycles.